The highest BCUT2D eigenvalue weighted by Gasteiger charge is 2.05. The molecule has 0 spiro atoms. The molecule has 1 rings (SSSR count). The van der Waals surface area contributed by atoms with E-state index in [2.05, 4.69) is 5.32 Å². The van der Waals surface area contributed by atoms with E-state index < -0.39 is 0 Å². The smallest absolute Gasteiger partial charge is 0.221 e. The lowest BCUT2D eigenvalue weighted by molar-refractivity contribution is -0.121. The predicted molar refractivity (Wildman–Crippen MR) is 64.7 cm³/mol. The van der Waals surface area contributed by atoms with Crippen LogP contribution in [0.15, 0.2) is 18.2 Å². The van der Waals surface area contributed by atoms with Gasteiger partial charge in [-0.15, -0.1) is 0 Å². The predicted octanol–water partition coefficient (Wildman–Crippen LogP) is 2.27. The number of halogens is 1. The van der Waals surface area contributed by atoms with E-state index in [1.165, 1.54) is 0 Å². The van der Waals surface area contributed by atoms with Crippen LogP contribution < -0.4 is 10.1 Å². The zero-order valence-corrected chi connectivity index (χ0v) is 10.3. The van der Waals surface area contributed by atoms with Gasteiger partial charge in [0.2, 0.25) is 5.91 Å². The first-order valence-corrected chi connectivity index (χ1v) is 5.51. The number of hydrogen-bond donors (Lipinski definition) is 1. The molecule has 17 heavy (non-hydrogen) atoms. The second-order valence-corrected chi connectivity index (χ2v) is 3.80. The van der Waals surface area contributed by atoms with Crippen molar-refractivity contribution in [2.75, 3.05) is 7.11 Å². The molecule has 0 heterocycles. The third-order valence-corrected chi connectivity index (χ3v) is 2.55. The quantitative estimate of drug-likeness (QED) is 0.874. The number of rotatable bonds is 5. The average Bonchev–Trinajstić information content (AvgIpc) is 2.34. The maximum absolute atomic E-state index is 11.3. The molecule has 0 aromatic heterocycles. The van der Waals surface area contributed by atoms with E-state index in [9.17, 15) is 4.79 Å². The molecule has 5 heteroatoms. The van der Waals surface area contributed by atoms with Crippen molar-refractivity contribution in [3.05, 3.63) is 28.8 Å². The van der Waals surface area contributed by atoms with Gasteiger partial charge in [-0.2, -0.15) is 5.26 Å². The summed E-state index contributed by atoms with van der Waals surface area (Å²) in [6.45, 7) is 0.354. The molecule has 0 aliphatic rings. The summed E-state index contributed by atoms with van der Waals surface area (Å²) in [5.74, 6) is 0.521. The molecule has 1 aromatic carbocycles. The Labute approximate surface area is 105 Å². The Bertz CT molecular complexity index is 441. The molecule has 0 radical (unpaired) electrons. The Morgan fingerprint density at radius 3 is 2.94 bits per heavy atom. The molecule has 0 atom stereocenters. The number of nitriles is 1. The largest absolute Gasteiger partial charge is 0.497 e. The van der Waals surface area contributed by atoms with Crippen LogP contribution in [0.3, 0.4) is 0 Å². The van der Waals surface area contributed by atoms with Gasteiger partial charge in [0.1, 0.15) is 5.75 Å². The molecule has 0 saturated carbocycles. The van der Waals surface area contributed by atoms with Gasteiger partial charge in [0.15, 0.2) is 0 Å². The van der Waals surface area contributed by atoms with Gasteiger partial charge in [-0.3, -0.25) is 4.79 Å². The fourth-order valence-electron chi connectivity index (χ4n) is 1.25. The Hall–Kier alpha value is -1.73. The molecule has 90 valence electrons. The van der Waals surface area contributed by atoms with Gasteiger partial charge < -0.3 is 10.1 Å². The van der Waals surface area contributed by atoms with Gasteiger partial charge in [-0.25, -0.2) is 0 Å². The van der Waals surface area contributed by atoms with Crippen molar-refractivity contribution < 1.29 is 9.53 Å². The van der Waals surface area contributed by atoms with Gasteiger partial charge in [0.05, 0.1) is 13.2 Å². The third kappa shape index (κ3) is 4.33. The molecule has 4 nitrogen and oxygen atoms in total. The highest BCUT2D eigenvalue weighted by atomic mass is 35.5. The van der Waals surface area contributed by atoms with Gasteiger partial charge >= 0.3 is 0 Å². The Morgan fingerprint density at radius 1 is 1.59 bits per heavy atom. The van der Waals surface area contributed by atoms with Crippen molar-refractivity contribution in [1.82, 2.24) is 5.32 Å². The van der Waals surface area contributed by atoms with E-state index >= 15 is 0 Å². The van der Waals surface area contributed by atoms with Crippen molar-refractivity contribution in [2.45, 2.75) is 19.4 Å². The Kier molecular flexibility index (Phi) is 5.31. The molecular formula is C12H13ClN2O2. The van der Waals surface area contributed by atoms with Crippen LogP contribution in [0.2, 0.25) is 5.02 Å². The van der Waals surface area contributed by atoms with Crippen molar-refractivity contribution >= 4 is 17.5 Å². The molecule has 1 amide bonds. The number of benzene rings is 1. The summed E-state index contributed by atoms with van der Waals surface area (Å²) in [5, 5.41) is 11.6. The van der Waals surface area contributed by atoms with Crippen LogP contribution in [0, 0.1) is 11.3 Å². The minimum Gasteiger partial charge on any atom is -0.497 e. The number of carbonyl (C=O) groups excluding carboxylic acids is 1. The van der Waals surface area contributed by atoms with E-state index in [0.717, 1.165) is 5.56 Å². The highest BCUT2D eigenvalue weighted by molar-refractivity contribution is 6.31. The van der Waals surface area contributed by atoms with Crippen molar-refractivity contribution in [1.29, 1.82) is 5.26 Å². The second-order valence-electron chi connectivity index (χ2n) is 3.39. The van der Waals surface area contributed by atoms with Crippen LogP contribution in [0.1, 0.15) is 18.4 Å². The molecular weight excluding hydrogens is 240 g/mol. The van der Waals surface area contributed by atoms with Crippen LogP contribution >= 0.6 is 11.6 Å². The number of hydrogen-bond acceptors (Lipinski definition) is 3. The van der Waals surface area contributed by atoms with Crippen LogP contribution in [0.5, 0.6) is 5.75 Å². The van der Waals surface area contributed by atoms with Crippen LogP contribution in [-0.4, -0.2) is 13.0 Å². The molecule has 0 unspecified atom stereocenters. The fraction of sp³-hybridized carbons (Fsp3) is 0.333. The van der Waals surface area contributed by atoms with E-state index in [-0.39, 0.29) is 18.7 Å². The Balaban J connectivity index is 2.52. The summed E-state index contributed by atoms with van der Waals surface area (Å²) in [6.07, 6.45) is 0.437. The zero-order chi connectivity index (χ0) is 12.7. The zero-order valence-electron chi connectivity index (χ0n) is 9.50. The summed E-state index contributed by atoms with van der Waals surface area (Å²) in [6, 6.07) is 7.19. The van der Waals surface area contributed by atoms with E-state index in [4.69, 9.17) is 21.6 Å². The van der Waals surface area contributed by atoms with Gasteiger partial charge in [0, 0.05) is 24.4 Å². The highest BCUT2D eigenvalue weighted by Crippen LogP contribution is 2.22. The molecule has 1 aromatic rings. The van der Waals surface area contributed by atoms with Crippen LogP contribution in [-0.2, 0) is 11.3 Å². The number of nitrogens with zero attached hydrogens (tertiary/aromatic N) is 1. The minimum atomic E-state index is -0.154. The number of carbonyl (C=O) groups is 1. The van der Waals surface area contributed by atoms with E-state index in [1.54, 1.807) is 25.3 Å². The summed E-state index contributed by atoms with van der Waals surface area (Å²) in [7, 11) is 1.56. The normalized spacial score (nSPS) is 9.47. The fourth-order valence-corrected chi connectivity index (χ4v) is 1.49. The molecule has 0 aliphatic heterocycles. The topological polar surface area (TPSA) is 62.1 Å². The lowest BCUT2D eigenvalue weighted by Crippen LogP contribution is -2.22. The number of amides is 1. The molecule has 0 fully saturated rings. The first-order chi connectivity index (χ1) is 8.17. The first kappa shape index (κ1) is 13.3. The van der Waals surface area contributed by atoms with Gasteiger partial charge in [-0.05, 0) is 17.7 Å². The van der Waals surface area contributed by atoms with Crippen LogP contribution in [0.4, 0.5) is 0 Å². The summed E-state index contributed by atoms with van der Waals surface area (Å²) < 4.78 is 5.02. The summed E-state index contributed by atoms with van der Waals surface area (Å²) >= 11 is 6.01. The molecule has 0 aliphatic carbocycles. The maximum atomic E-state index is 11.3. The van der Waals surface area contributed by atoms with Crippen molar-refractivity contribution in [2.24, 2.45) is 0 Å². The lowest BCUT2D eigenvalue weighted by Gasteiger charge is -2.07. The number of ether oxygens (including phenoxy) is 1. The van der Waals surface area contributed by atoms with Crippen molar-refractivity contribution in [3.8, 4) is 11.8 Å². The maximum Gasteiger partial charge on any atom is 0.221 e. The van der Waals surface area contributed by atoms with Crippen molar-refractivity contribution in [3.63, 3.8) is 0 Å². The van der Waals surface area contributed by atoms with E-state index in [0.29, 0.717) is 17.3 Å². The third-order valence-electron chi connectivity index (χ3n) is 2.20. The molecule has 0 bridgehead atoms. The van der Waals surface area contributed by atoms with Gasteiger partial charge in [0.25, 0.3) is 0 Å². The minimum absolute atomic E-state index is 0.154. The van der Waals surface area contributed by atoms with E-state index in [1.807, 2.05) is 6.07 Å². The lowest BCUT2D eigenvalue weighted by atomic mass is 10.2. The second kappa shape index (κ2) is 6.77. The summed E-state index contributed by atoms with van der Waals surface area (Å²) in [5.41, 5.74) is 0.817. The number of methoxy groups -OCH3 is 1. The first-order valence-electron chi connectivity index (χ1n) is 5.13. The molecule has 0 saturated heterocycles. The van der Waals surface area contributed by atoms with Gasteiger partial charge in [-0.1, -0.05) is 17.7 Å². The SMILES string of the molecule is COc1ccc(CNC(=O)CCC#N)c(Cl)c1. The van der Waals surface area contributed by atoms with Crippen LogP contribution in [0.25, 0.3) is 0 Å². The summed E-state index contributed by atoms with van der Waals surface area (Å²) in [4.78, 5) is 11.3. The average molecular weight is 253 g/mol. The molecule has 1 N–H and O–H groups in total. The standard InChI is InChI=1S/C12H13ClN2O2/c1-17-10-5-4-9(11(13)7-10)8-15-12(16)3-2-6-14/h4-5,7H,2-3,8H2,1H3,(H,15,16). The number of nitrogens with one attached hydrogen (secondary N) is 1. The monoisotopic (exact) mass is 252 g/mol. The Morgan fingerprint density at radius 2 is 2.35 bits per heavy atom.